The van der Waals surface area contributed by atoms with Crippen molar-refractivity contribution in [3.8, 4) is 5.75 Å². The highest BCUT2D eigenvalue weighted by Crippen LogP contribution is 2.25. The van der Waals surface area contributed by atoms with Crippen molar-refractivity contribution in [1.29, 1.82) is 0 Å². The molecule has 3 atom stereocenters. The van der Waals surface area contributed by atoms with Crippen molar-refractivity contribution in [2.45, 2.75) is 43.0 Å². The summed E-state index contributed by atoms with van der Waals surface area (Å²) in [5, 5.41) is 11.2. The molecular weight excluding hydrogens is 448 g/mol. The number of carbonyl (C=O) groups is 2. The van der Waals surface area contributed by atoms with Crippen LogP contribution >= 0.6 is 22.9 Å². The molecule has 0 aliphatic rings. The van der Waals surface area contributed by atoms with Crippen molar-refractivity contribution in [2.24, 2.45) is 21.7 Å². The Labute approximate surface area is 184 Å². The Morgan fingerprint density at radius 3 is 2.40 bits per heavy atom. The molecule has 8 nitrogen and oxygen atoms in total. The Kier molecular flexibility index (Phi) is 8.39. The smallest absolute Gasteiger partial charge is 0.272 e. The minimum Gasteiger partial charge on any atom is -0.508 e. The lowest BCUT2D eigenvalue weighted by Gasteiger charge is -2.16. The zero-order valence-corrected chi connectivity index (χ0v) is 19.0. The van der Waals surface area contributed by atoms with Gasteiger partial charge >= 0.3 is 0 Å². The van der Waals surface area contributed by atoms with Gasteiger partial charge in [0.25, 0.3) is 5.91 Å². The van der Waals surface area contributed by atoms with Gasteiger partial charge in [0.1, 0.15) is 9.96 Å². The van der Waals surface area contributed by atoms with Crippen LogP contribution in [0.5, 0.6) is 5.75 Å². The lowest BCUT2D eigenvalue weighted by molar-refractivity contribution is -0.120. The number of aromatic hydroxyl groups is 1. The molecule has 0 aliphatic heterocycles. The van der Waals surface area contributed by atoms with E-state index in [-0.39, 0.29) is 22.3 Å². The lowest BCUT2D eigenvalue weighted by Crippen LogP contribution is -2.45. The summed E-state index contributed by atoms with van der Waals surface area (Å²) in [5.74, 6) is -1.29. The molecule has 0 fully saturated rings. The second kappa shape index (κ2) is 10.4. The maximum absolute atomic E-state index is 13.5. The average Bonchev–Trinajstić information content (AvgIpc) is 3.10. The molecule has 2 unspecified atom stereocenters. The van der Waals surface area contributed by atoms with Crippen molar-refractivity contribution in [3.63, 3.8) is 0 Å². The molecule has 1 aromatic heterocycles. The number of halogens is 1. The van der Waals surface area contributed by atoms with Crippen LogP contribution < -0.4 is 16.2 Å². The third-order valence-electron chi connectivity index (χ3n) is 4.04. The molecule has 11 heteroatoms. The van der Waals surface area contributed by atoms with Gasteiger partial charge in [0.15, 0.2) is 9.92 Å². The number of hydrogen-bond donors (Lipinski definition) is 4. The molecule has 2 amide bonds. The fourth-order valence-corrected chi connectivity index (χ4v) is 5.65. The first-order valence-corrected chi connectivity index (χ1v) is 11.9. The van der Waals surface area contributed by atoms with Crippen molar-refractivity contribution >= 4 is 44.7 Å². The number of nitrogens with one attached hydrogen (secondary N) is 1. The van der Waals surface area contributed by atoms with Gasteiger partial charge < -0.3 is 16.6 Å². The van der Waals surface area contributed by atoms with Gasteiger partial charge in [0, 0.05) is 5.38 Å². The molecule has 6 N–H and O–H groups in total. The van der Waals surface area contributed by atoms with Crippen molar-refractivity contribution in [1.82, 2.24) is 4.72 Å². The highest BCUT2D eigenvalue weighted by Gasteiger charge is 2.26. The standard InChI is InChI=1S/C19H25ClN4O4S2/c1-11(2)7-15(21)18(26)23-30(28,17-9-13(20)10-29-17)24-19(27)16(22)8-12-3-5-14(25)6-4-12/h3-6,9-11,15-16,25H,7-8,21-22H2,1-2H3,(H,23,24,26,27,28)/t15?,16-,30?/m1/s1. The third kappa shape index (κ3) is 6.78. The molecule has 1 heterocycles. The lowest BCUT2D eigenvalue weighted by atomic mass is 10.0. The van der Waals surface area contributed by atoms with Crippen molar-refractivity contribution in [3.05, 3.63) is 46.3 Å². The zero-order valence-electron chi connectivity index (χ0n) is 16.6. The Hall–Kier alpha value is -1.98. The Balaban J connectivity index is 2.27. The summed E-state index contributed by atoms with van der Waals surface area (Å²) in [6.45, 7) is 3.79. The summed E-state index contributed by atoms with van der Waals surface area (Å²) in [4.78, 5) is 25.1. The van der Waals surface area contributed by atoms with Gasteiger partial charge in [0.2, 0.25) is 5.91 Å². The molecule has 2 rings (SSSR count). The van der Waals surface area contributed by atoms with E-state index in [0.29, 0.717) is 17.0 Å². The van der Waals surface area contributed by atoms with Crippen molar-refractivity contribution < 1.29 is 18.9 Å². The van der Waals surface area contributed by atoms with Gasteiger partial charge in [-0.05, 0) is 42.5 Å². The first-order valence-electron chi connectivity index (χ1n) is 9.16. The molecule has 0 bridgehead atoms. The molecule has 1 aromatic carbocycles. The Morgan fingerprint density at radius 2 is 1.87 bits per heavy atom. The summed E-state index contributed by atoms with van der Waals surface area (Å²) < 4.78 is 19.7. The highest BCUT2D eigenvalue weighted by atomic mass is 35.5. The van der Waals surface area contributed by atoms with E-state index in [9.17, 15) is 18.9 Å². The number of rotatable bonds is 8. The summed E-state index contributed by atoms with van der Waals surface area (Å²) >= 11 is 6.94. The molecule has 2 aromatic rings. The van der Waals surface area contributed by atoms with Crippen LogP contribution in [0.4, 0.5) is 0 Å². The van der Waals surface area contributed by atoms with Gasteiger partial charge in [-0.15, -0.1) is 15.7 Å². The number of nitrogens with two attached hydrogens (primary N) is 2. The SMILES string of the molecule is CC(C)CC(N)C(=O)N=S(=O)(NC(=O)[C@H](N)Cc1ccc(O)cc1)c1cc(Cl)cs1. The van der Waals surface area contributed by atoms with Gasteiger partial charge in [0.05, 0.1) is 17.1 Å². The highest BCUT2D eigenvalue weighted by molar-refractivity contribution is 7.94. The topological polar surface area (TPSA) is 148 Å². The molecule has 164 valence electrons. The first-order chi connectivity index (χ1) is 14.0. The number of benzene rings is 1. The van der Waals surface area contributed by atoms with E-state index in [0.717, 1.165) is 11.3 Å². The minimum atomic E-state index is -3.66. The van der Waals surface area contributed by atoms with Crippen LogP contribution in [0.25, 0.3) is 0 Å². The monoisotopic (exact) mass is 472 g/mol. The molecule has 30 heavy (non-hydrogen) atoms. The van der Waals surface area contributed by atoms with Crippen LogP contribution in [0.2, 0.25) is 5.02 Å². The van der Waals surface area contributed by atoms with E-state index >= 15 is 0 Å². The number of amides is 2. The quantitative estimate of drug-likeness (QED) is 0.463. The first kappa shape index (κ1) is 24.3. The van der Waals surface area contributed by atoms with E-state index in [1.807, 2.05) is 13.8 Å². The van der Waals surface area contributed by atoms with E-state index in [1.165, 1.54) is 23.6 Å². The molecule has 0 saturated carbocycles. The second-order valence-electron chi connectivity index (χ2n) is 7.22. The molecule has 0 radical (unpaired) electrons. The summed E-state index contributed by atoms with van der Waals surface area (Å²) in [6, 6.07) is 5.58. The van der Waals surface area contributed by atoms with E-state index in [1.54, 1.807) is 12.1 Å². The average molecular weight is 473 g/mol. The number of phenolic OH excluding ortho intramolecular Hbond substituents is 1. The zero-order chi connectivity index (χ0) is 22.5. The summed E-state index contributed by atoms with van der Waals surface area (Å²) in [7, 11) is -3.66. The fraction of sp³-hybridized carbons (Fsp3) is 0.368. The minimum absolute atomic E-state index is 0.0874. The third-order valence-corrected chi connectivity index (χ3v) is 7.66. The maximum atomic E-state index is 13.5. The maximum Gasteiger partial charge on any atom is 0.272 e. The Bertz CT molecular complexity index is 1010. The predicted molar refractivity (Wildman–Crippen MR) is 119 cm³/mol. The van der Waals surface area contributed by atoms with Gasteiger partial charge in [-0.2, -0.15) is 0 Å². The fourth-order valence-electron chi connectivity index (χ4n) is 2.55. The van der Waals surface area contributed by atoms with Crippen LogP contribution in [-0.2, 0) is 25.9 Å². The van der Waals surface area contributed by atoms with Gasteiger partial charge in [-0.3, -0.25) is 14.3 Å². The molecule has 0 spiro atoms. The van der Waals surface area contributed by atoms with Crippen LogP contribution in [0.15, 0.2) is 44.3 Å². The van der Waals surface area contributed by atoms with E-state index in [2.05, 4.69) is 9.08 Å². The van der Waals surface area contributed by atoms with Gasteiger partial charge in [-0.1, -0.05) is 37.6 Å². The van der Waals surface area contributed by atoms with Crippen LogP contribution in [0.1, 0.15) is 25.8 Å². The number of phenols is 1. The predicted octanol–water partition coefficient (Wildman–Crippen LogP) is 2.44. The summed E-state index contributed by atoms with van der Waals surface area (Å²) in [6.07, 6.45) is 0.491. The molecular formula is C19H25ClN4O4S2. The molecule has 0 saturated heterocycles. The Morgan fingerprint density at radius 1 is 1.23 bits per heavy atom. The number of thiophene rings is 1. The molecule has 0 aliphatic carbocycles. The van der Waals surface area contributed by atoms with Crippen LogP contribution in [0.3, 0.4) is 0 Å². The van der Waals surface area contributed by atoms with Gasteiger partial charge in [-0.25, -0.2) is 4.21 Å². The number of hydrogen-bond acceptors (Lipinski definition) is 7. The van der Waals surface area contributed by atoms with Crippen molar-refractivity contribution in [2.75, 3.05) is 0 Å². The van der Waals surface area contributed by atoms with Crippen LogP contribution in [0, 0.1) is 5.92 Å². The van der Waals surface area contributed by atoms with E-state index in [4.69, 9.17) is 23.1 Å². The van der Waals surface area contributed by atoms with E-state index < -0.39 is 33.8 Å². The number of carbonyl (C=O) groups excluding carboxylic acids is 2. The largest absolute Gasteiger partial charge is 0.508 e. The normalized spacial score (nSPS) is 15.3. The van der Waals surface area contributed by atoms with Crippen LogP contribution in [-0.4, -0.2) is 33.2 Å². The summed E-state index contributed by atoms with van der Waals surface area (Å²) in [5.41, 5.74) is 12.5. The second-order valence-corrected chi connectivity index (χ2v) is 10.7. The number of nitrogens with zero attached hydrogens (tertiary/aromatic N) is 1.